The first-order valence-electron chi connectivity index (χ1n) is 9.12. The largest absolute Gasteiger partial charge is 0.382 e. The van der Waals surface area contributed by atoms with Crippen molar-refractivity contribution in [3.05, 3.63) is 35.4 Å². The molecule has 0 aliphatic heterocycles. The Hall–Kier alpha value is -1.59. The van der Waals surface area contributed by atoms with Crippen LogP contribution in [0.1, 0.15) is 49.8 Å². The number of benzene rings is 1. The van der Waals surface area contributed by atoms with E-state index in [-0.39, 0.29) is 6.10 Å². The molecule has 0 bridgehead atoms. The van der Waals surface area contributed by atoms with E-state index in [1.165, 1.54) is 24.0 Å². The van der Waals surface area contributed by atoms with Crippen molar-refractivity contribution in [2.45, 2.75) is 45.1 Å². The van der Waals surface area contributed by atoms with Gasteiger partial charge in [0.1, 0.15) is 0 Å². The molecular formula is C19H31N3O2. The van der Waals surface area contributed by atoms with E-state index in [4.69, 9.17) is 15.2 Å². The molecule has 1 aliphatic rings. The number of rotatable bonds is 10. The Bertz CT molecular complexity index is 505. The van der Waals surface area contributed by atoms with Gasteiger partial charge in [-0.05, 0) is 50.2 Å². The number of nitrogens with one attached hydrogen (secondary N) is 1. The minimum atomic E-state index is 0.250. The van der Waals surface area contributed by atoms with Gasteiger partial charge in [-0.1, -0.05) is 24.3 Å². The van der Waals surface area contributed by atoms with E-state index in [9.17, 15) is 0 Å². The number of guanidine groups is 1. The maximum Gasteiger partial charge on any atom is 0.188 e. The van der Waals surface area contributed by atoms with Crippen molar-refractivity contribution in [2.75, 3.05) is 32.9 Å². The van der Waals surface area contributed by atoms with Gasteiger partial charge in [0.15, 0.2) is 5.96 Å². The number of nitrogens with zero attached hydrogens (tertiary/aromatic N) is 1. The summed E-state index contributed by atoms with van der Waals surface area (Å²) in [6.07, 6.45) is 5.58. The van der Waals surface area contributed by atoms with Crippen LogP contribution in [-0.2, 0) is 15.9 Å². The summed E-state index contributed by atoms with van der Waals surface area (Å²) in [7, 11) is 0. The average Bonchev–Trinajstić information content (AvgIpc) is 2.61. The van der Waals surface area contributed by atoms with Crippen LogP contribution in [0, 0.1) is 0 Å². The van der Waals surface area contributed by atoms with Gasteiger partial charge in [-0.15, -0.1) is 0 Å². The van der Waals surface area contributed by atoms with Crippen LogP contribution in [0.4, 0.5) is 0 Å². The molecule has 0 spiro atoms. The second kappa shape index (κ2) is 11.0. The second-order valence-corrected chi connectivity index (χ2v) is 6.05. The van der Waals surface area contributed by atoms with E-state index in [0.29, 0.717) is 12.5 Å². The minimum absolute atomic E-state index is 0.250. The molecule has 1 unspecified atom stereocenters. The molecule has 1 atom stereocenters. The van der Waals surface area contributed by atoms with Crippen LogP contribution < -0.4 is 11.1 Å². The number of hydrogen-bond acceptors (Lipinski definition) is 3. The van der Waals surface area contributed by atoms with Gasteiger partial charge in [0.05, 0.1) is 6.10 Å². The standard InChI is InChI=1S/C19H31N3O2/c1-2-23-14-6-12-21-19(20)22-13-7-15-24-18-11-5-9-16-8-3-4-10-17(16)18/h3-4,8,10,18H,2,5-7,9,11-15H2,1H3,(H3,20,21,22). The molecule has 5 nitrogen and oxygen atoms in total. The first-order valence-corrected chi connectivity index (χ1v) is 9.12. The van der Waals surface area contributed by atoms with E-state index in [2.05, 4.69) is 34.6 Å². The lowest BCUT2D eigenvalue weighted by Gasteiger charge is -2.25. The lowest BCUT2D eigenvalue weighted by atomic mass is 9.89. The topological polar surface area (TPSA) is 68.9 Å². The average molecular weight is 333 g/mol. The van der Waals surface area contributed by atoms with Gasteiger partial charge in [0, 0.05) is 32.9 Å². The molecule has 3 N–H and O–H groups in total. The molecule has 0 fully saturated rings. The van der Waals surface area contributed by atoms with E-state index >= 15 is 0 Å². The SMILES string of the molecule is CCOCCCN=C(N)NCCCOC1CCCc2ccccc21. The van der Waals surface area contributed by atoms with E-state index in [1.54, 1.807) is 0 Å². The molecule has 2 rings (SSSR count). The highest BCUT2D eigenvalue weighted by atomic mass is 16.5. The summed E-state index contributed by atoms with van der Waals surface area (Å²) in [5.41, 5.74) is 8.64. The van der Waals surface area contributed by atoms with Gasteiger partial charge in [0.25, 0.3) is 0 Å². The Labute approximate surface area is 145 Å². The van der Waals surface area contributed by atoms with Crippen LogP contribution in [0.15, 0.2) is 29.3 Å². The lowest BCUT2D eigenvalue weighted by molar-refractivity contribution is 0.0398. The van der Waals surface area contributed by atoms with Gasteiger partial charge in [-0.3, -0.25) is 4.99 Å². The highest BCUT2D eigenvalue weighted by molar-refractivity contribution is 5.77. The molecule has 24 heavy (non-hydrogen) atoms. The summed E-state index contributed by atoms with van der Waals surface area (Å²) < 4.78 is 11.3. The van der Waals surface area contributed by atoms with Crippen LogP contribution in [0.3, 0.4) is 0 Å². The molecule has 134 valence electrons. The molecule has 1 aromatic rings. The summed E-state index contributed by atoms with van der Waals surface area (Å²) in [5.74, 6) is 0.509. The van der Waals surface area contributed by atoms with Crippen molar-refractivity contribution in [3.8, 4) is 0 Å². The molecule has 0 radical (unpaired) electrons. The summed E-state index contributed by atoms with van der Waals surface area (Å²) in [6.45, 7) is 5.72. The van der Waals surface area contributed by atoms with Gasteiger partial charge < -0.3 is 20.5 Å². The zero-order valence-electron chi connectivity index (χ0n) is 14.8. The summed E-state index contributed by atoms with van der Waals surface area (Å²) in [6, 6.07) is 8.63. The Morgan fingerprint density at radius 2 is 2.17 bits per heavy atom. The minimum Gasteiger partial charge on any atom is -0.382 e. The molecule has 0 amide bonds. The fourth-order valence-corrected chi connectivity index (χ4v) is 2.96. The Morgan fingerprint density at radius 1 is 1.29 bits per heavy atom. The number of hydrogen-bond donors (Lipinski definition) is 2. The van der Waals surface area contributed by atoms with E-state index in [1.807, 2.05) is 6.92 Å². The molecule has 0 saturated heterocycles. The van der Waals surface area contributed by atoms with Crippen LogP contribution >= 0.6 is 0 Å². The van der Waals surface area contributed by atoms with Crippen molar-refractivity contribution in [1.29, 1.82) is 0 Å². The summed E-state index contributed by atoms with van der Waals surface area (Å²) in [4.78, 5) is 4.28. The quantitative estimate of drug-likeness (QED) is 0.392. The van der Waals surface area contributed by atoms with Gasteiger partial charge >= 0.3 is 0 Å². The Morgan fingerprint density at radius 3 is 3.04 bits per heavy atom. The smallest absolute Gasteiger partial charge is 0.188 e. The molecule has 5 heteroatoms. The summed E-state index contributed by atoms with van der Waals surface area (Å²) >= 11 is 0. The predicted molar refractivity (Wildman–Crippen MR) is 98.3 cm³/mol. The van der Waals surface area contributed by atoms with Crippen LogP contribution in [-0.4, -0.2) is 38.9 Å². The molecule has 0 aromatic heterocycles. The van der Waals surface area contributed by atoms with E-state index < -0.39 is 0 Å². The first kappa shape index (κ1) is 18.7. The zero-order chi connectivity index (χ0) is 17.0. The Balaban J connectivity index is 1.58. The van der Waals surface area contributed by atoms with Gasteiger partial charge in [-0.25, -0.2) is 0 Å². The van der Waals surface area contributed by atoms with Crippen molar-refractivity contribution in [2.24, 2.45) is 10.7 Å². The molecule has 0 saturated carbocycles. The third-order valence-electron chi connectivity index (χ3n) is 4.19. The number of ether oxygens (including phenoxy) is 2. The van der Waals surface area contributed by atoms with Crippen molar-refractivity contribution in [3.63, 3.8) is 0 Å². The van der Waals surface area contributed by atoms with Crippen LogP contribution in [0.2, 0.25) is 0 Å². The second-order valence-electron chi connectivity index (χ2n) is 6.05. The fraction of sp³-hybridized carbons (Fsp3) is 0.632. The number of fused-ring (bicyclic) bond motifs is 1. The molecule has 0 heterocycles. The highest BCUT2D eigenvalue weighted by Crippen LogP contribution is 2.32. The maximum atomic E-state index is 6.08. The number of aliphatic imine (C=N–C) groups is 1. The molecule has 1 aromatic carbocycles. The Kier molecular flexibility index (Phi) is 8.63. The number of aryl methyl sites for hydroxylation is 1. The van der Waals surface area contributed by atoms with Crippen molar-refractivity contribution < 1.29 is 9.47 Å². The zero-order valence-corrected chi connectivity index (χ0v) is 14.8. The van der Waals surface area contributed by atoms with Crippen molar-refractivity contribution in [1.82, 2.24) is 5.32 Å². The molecular weight excluding hydrogens is 302 g/mol. The van der Waals surface area contributed by atoms with Gasteiger partial charge in [-0.2, -0.15) is 0 Å². The predicted octanol–water partition coefficient (Wildman–Crippen LogP) is 2.80. The lowest BCUT2D eigenvalue weighted by Crippen LogP contribution is -2.33. The monoisotopic (exact) mass is 333 g/mol. The number of nitrogens with two attached hydrogens (primary N) is 1. The first-order chi connectivity index (χ1) is 11.8. The third-order valence-corrected chi connectivity index (χ3v) is 4.19. The normalized spacial score (nSPS) is 17.5. The fourth-order valence-electron chi connectivity index (χ4n) is 2.96. The van der Waals surface area contributed by atoms with Crippen LogP contribution in [0.5, 0.6) is 0 Å². The van der Waals surface area contributed by atoms with E-state index in [0.717, 1.165) is 45.6 Å². The highest BCUT2D eigenvalue weighted by Gasteiger charge is 2.19. The van der Waals surface area contributed by atoms with Crippen LogP contribution in [0.25, 0.3) is 0 Å². The van der Waals surface area contributed by atoms with Gasteiger partial charge in [0.2, 0.25) is 0 Å². The van der Waals surface area contributed by atoms with Crippen molar-refractivity contribution >= 4 is 5.96 Å². The maximum absolute atomic E-state index is 6.08. The third kappa shape index (κ3) is 6.49. The summed E-state index contributed by atoms with van der Waals surface area (Å²) in [5, 5.41) is 3.14. The molecule has 1 aliphatic carbocycles.